The highest BCUT2D eigenvalue weighted by Gasteiger charge is 2.07. The van der Waals surface area contributed by atoms with Crippen molar-refractivity contribution >= 4 is 17.8 Å². The Morgan fingerprint density at radius 3 is 2.15 bits per heavy atom. The average Bonchev–Trinajstić information content (AvgIpc) is 2.70. The van der Waals surface area contributed by atoms with Gasteiger partial charge in [-0.25, -0.2) is 0 Å². The third-order valence-electron chi connectivity index (χ3n) is 4.64. The van der Waals surface area contributed by atoms with E-state index >= 15 is 0 Å². The van der Waals surface area contributed by atoms with Crippen LogP contribution in [-0.4, -0.2) is 13.1 Å². The quantitative estimate of drug-likeness (QED) is 0.545. The maximum Gasteiger partial charge on any atom is 0.205 e. The molecule has 0 spiro atoms. The summed E-state index contributed by atoms with van der Waals surface area (Å²) >= 11 is 0. The number of rotatable bonds is 7. The van der Waals surface area contributed by atoms with Gasteiger partial charge < -0.3 is 4.90 Å². The van der Waals surface area contributed by atoms with Gasteiger partial charge in [0.25, 0.3) is 0 Å². The van der Waals surface area contributed by atoms with Crippen LogP contribution in [0.25, 0.3) is 12.2 Å². The molecule has 0 fully saturated rings. The molecular weight excluding hydrogens is 316 g/mol. The molecule has 0 amide bonds. The van der Waals surface area contributed by atoms with Gasteiger partial charge in [-0.1, -0.05) is 42.5 Å². The SMILES string of the molecule is CCN(CC)c1ccc(/C=C/c2cccc[n+]2Cc2ccccc2)cc1. The number of hydrogen-bond donors (Lipinski definition) is 0. The Morgan fingerprint density at radius 2 is 1.46 bits per heavy atom. The molecular formula is C24H27N2+. The Kier molecular flexibility index (Phi) is 6.21. The van der Waals surface area contributed by atoms with Crippen molar-refractivity contribution in [2.75, 3.05) is 18.0 Å². The highest BCUT2D eigenvalue weighted by Crippen LogP contribution is 2.16. The lowest BCUT2D eigenvalue weighted by atomic mass is 10.1. The maximum atomic E-state index is 2.36. The summed E-state index contributed by atoms with van der Waals surface area (Å²) in [5.74, 6) is 0. The fourth-order valence-electron chi connectivity index (χ4n) is 3.13. The van der Waals surface area contributed by atoms with Crippen LogP contribution in [0.3, 0.4) is 0 Å². The van der Waals surface area contributed by atoms with Crippen LogP contribution in [0, 0.1) is 0 Å². The zero-order valence-electron chi connectivity index (χ0n) is 15.7. The van der Waals surface area contributed by atoms with Crippen LogP contribution in [0.4, 0.5) is 5.69 Å². The van der Waals surface area contributed by atoms with Gasteiger partial charge in [0.1, 0.15) is 0 Å². The first-order valence-electron chi connectivity index (χ1n) is 9.35. The lowest BCUT2D eigenvalue weighted by Crippen LogP contribution is -2.36. The molecule has 0 N–H and O–H groups in total. The van der Waals surface area contributed by atoms with Crippen molar-refractivity contribution in [3.63, 3.8) is 0 Å². The Bertz CT molecular complexity index is 832. The fraction of sp³-hybridized carbons (Fsp3) is 0.208. The lowest BCUT2D eigenvalue weighted by molar-refractivity contribution is -0.690. The molecule has 3 aromatic rings. The average molecular weight is 343 g/mol. The third kappa shape index (κ3) is 4.60. The molecule has 26 heavy (non-hydrogen) atoms. The van der Waals surface area contributed by atoms with Crippen molar-refractivity contribution in [2.24, 2.45) is 0 Å². The minimum Gasteiger partial charge on any atom is -0.372 e. The number of nitrogens with zero attached hydrogens (tertiary/aromatic N) is 2. The van der Waals surface area contributed by atoms with Gasteiger partial charge in [0.15, 0.2) is 12.7 Å². The van der Waals surface area contributed by atoms with Gasteiger partial charge in [0, 0.05) is 42.5 Å². The van der Waals surface area contributed by atoms with Gasteiger partial charge in [-0.05, 0) is 43.7 Å². The summed E-state index contributed by atoms with van der Waals surface area (Å²) in [5.41, 5.74) is 5.01. The Morgan fingerprint density at radius 1 is 0.769 bits per heavy atom. The minimum absolute atomic E-state index is 0.877. The second kappa shape index (κ2) is 9.00. The van der Waals surface area contributed by atoms with Crippen molar-refractivity contribution in [2.45, 2.75) is 20.4 Å². The highest BCUT2D eigenvalue weighted by atomic mass is 15.1. The zero-order chi connectivity index (χ0) is 18.2. The number of benzene rings is 2. The molecule has 2 aromatic carbocycles. The zero-order valence-corrected chi connectivity index (χ0v) is 15.7. The molecule has 2 heteroatoms. The predicted octanol–water partition coefficient (Wildman–Crippen LogP) is 5.04. The van der Waals surface area contributed by atoms with Crippen LogP contribution in [-0.2, 0) is 6.54 Å². The van der Waals surface area contributed by atoms with Gasteiger partial charge >= 0.3 is 0 Å². The van der Waals surface area contributed by atoms with E-state index in [9.17, 15) is 0 Å². The maximum absolute atomic E-state index is 2.36. The molecule has 0 aliphatic rings. The van der Waals surface area contributed by atoms with Gasteiger partial charge in [0.2, 0.25) is 5.69 Å². The Balaban J connectivity index is 1.76. The van der Waals surface area contributed by atoms with E-state index in [0.29, 0.717) is 0 Å². The summed E-state index contributed by atoms with van der Waals surface area (Å²) in [5, 5.41) is 0. The van der Waals surface area contributed by atoms with E-state index in [2.05, 4.69) is 114 Å². The Labute approximate surface area is 157 Å². The van der Waals surface area contributed by atoms with Gasteiger partial charge in [-0.3, -0.25) is 0 Å². The molecule has 2 nitrogen and oxygen atoms in total. The second-order valence-corrected chi connectivity index (χ2v) is 6.34. The first-order valence-corrected chi connectivity index (χ1v) is 9.35. The molecule has 1 aromatic heterocycles. The van der Waals surface area contributed by atoms with E-state index in [-0.39, 0.29) is 0 Å². The summed E-state index contributed by atoms with van der Waals surface area (Å²) in [6.07, 6.45) is 6.51. The van der Waals surface area contributed by atoms with Crippen LogP contribution >= 0.6 is 0 Å². The topological polar surface area (TPSA) is 7.12 Å². The largest absolute Gasteiger partial charge is 0.372 e. The van der Waals surface area contributed by atoms with Gasteiger partial charge in [-0.15, -0.1) is 0 Å². The number of hydrogen-bond acceptors (Lipinski definition) is 1. The molecule has 0 radical (unpaired) electrons. The molecule has 0 aliphatic heterocycles. The first-order chi connectivity index (χ1) is 12.8. The van der Waals surface area contributed by atoms with Crippen molar-refractivity contribution < 1.29 is 4.57 Å². The molecule has 0 saturated carbocycles. The van der Waals surface area contributed by atoms with Gasteiger partial charge in [-0.2, -0.15) is 4.57 Å². The molecule has 132 valence electrons. The molecule has 0 saturated heterocycles. The van der Waals surface area contributed by atoms with E-state index in [4.69, 9.17) is 0 Å². The molecule has 0 unspecified atom stereocenters. The number of anilines is 1. The van der Waals surface area contributed by atoms with Crippen molar-refractivity contribution in [1.29, 1.82) is 0 Å². The van der Waals surface area contributed by atoms with Crippen molar-refractivity contribution in [3.05, 3.63) is 95.8 Å². The van der Waals surface area contributed by atoms with Crippen molar-refractivity contribution in [1.82, 2.24) is 0 Å². The van der Waals surface area contributed by atoms with E-state index in [0.717, 1.165) is 19.6 Å². The van der Waals surface area contributed by atoms with Crippen LogP contribution in [0.5, 0.6) is 0 Å². The molecule has 0 atom stereocenters. The first kappa shape index (κ1) is 17.9. The third-order valence-corrected chi connectivity index (χ3v) is 4.64. The van der Waals surface area contributed by atoms with E-state index in [1.54, 1.807) is 0 Å². The van der Waals surface area contributed by atoms with Crippen LogP contribution in [0.15, 0.2) is 79.0 Å². The van der Waals surface area contributed by atoms with Crippen LogP contribution < -0.4 is 9.47 Å². The molecule has 0 bridgehead atoms. The summed E-state index contributed by atoms with van der Waals surface area (Å²) in [6.45, 7) is 7.34. The molecule has 3 rings (SSSR count). The summed E-state index contributed by atoms with van der Waals surface area (Å²) < 4.78 is 2.27. The number of aromatic nitrogens is 1. The smallest absolute Gasteiger partial charge is 0.205 e. The fourth-order valence-corrected chi connectivity index (χ4v) is 3.13. The van der Waals surface area contributed by atoms with E-state index in [1.807, 2.05) is 0 Å². The van der Waals surface area contributed by atoms with Crippen LogP contribution in [0.1, 0.15) is 30.7 Å². The molecule has 0 aliphatic carbocycles. The number of pyridine rings is 1. The monoisotopic (exact) mass is 343 g/mol. The Hall–Kier alpha value is -2.87. The normalized spacial score (nSPS) is 11.0. The van der Waals surface area contributed by atoms with Gasteiger partial charge in [0.05, 0.1) is 0 Å². The molecule has 1 heterocycles. The lowest BCUT2D eigenvalue weighted by Gasteiger charge is -2.20. The highest BCUT2D eigenvalue weighted by molar-refractivity contribution is 5.68. The standard InChI is InChI=1S/C24H27N2/c1-3-25(4-2)24-17-14-21(15-18-24)13-16-23-12-8-9-19-26(23)20-22-10-6-5-7-11-22/h5-19H,3-4,20H2,1-2H3/q+1. The van der Waals surface area contributed by atoms with Crippen LogP contribution in [0.2, 0.25) is 0 Å². The summed E-state index contributed by atoms with van der Waals surface area (Å²) in [6, 6.07) is 25.7. The predicted molar refractivity (Wildman–Crippen MR) is 111 cm³/mol. The summed E-state index contributed by atoms with van der Waals surface area (Å²) in [7, 11) is 0. The minimum atomic E-state index is 0.877. The van der Waals surface area contributed by atoms with E-state index < -0.39 is 0 Å². The van der Waals surface area contributed by atoms with Crippen molar-refractivity contribution in [3.8, 4) is 0 Å². The second-order valence-electron chi connectivity index (χ2n) is 6.34. The summed E-state index contributed by atoms with van der Waals surface area (Å²) in [4.78, 5) is 2.36. The van der Waals surface area contributed by atoms with E-state index in [1.165, 1.54) is 22.5 Å².